The maximum atomic E-state index is 12.6. The number of rotatable bonds is 7. The molecule has 0 aliphatic rings. The quantitative estimate of drug-likeness (QED) is 0.758. The number of halogens is 1. The van der Waals surface area contributed by atoms with Crippen LogP contribution in [-0.4, -0.2) is 36.3 Å². The van der Waals surface area contributed by atoms with E-state index in [0.29, 0.717) is 23.8 Å². The number of carbonyl (C=O) groups is 1. The first-order valence-corrected chi connectivity index (χ1v) is 10.3. The second-order valence-electron chi connectivity index (χ2n) is 5.93. The predicted molar refractivity (Wildman–Crippen MR) is 106 cm³/mol. The van der Waals surface area contributed by atoms with Gasteiger partial charge >= 0.3 is 0 Å². The lowest BCUT2D eigenvalue weighted by Crippen LogP contribution is -2.33. The van der Waals surface area contributed by atoms with E-state index < -0.39 is 21.5 Å². The molecule has 0 aliphatic heterocycles. The lowest BCUT2D eigenvalue weighted by molar-refractivity contribution is -0.116. The molecule has 0 atom stereocenters. The minimum atomic E-state index is -3.72. The molecule has 2 aromatic rings. The van der Waals surface area contributed by atoms with Crippen LogP contribution in [0.15, 0.2) is 46.2 Å². The van der Waals surface area contributed by atoms with Gasteiger partial charge in [-0.25, -0.2) is 8.42 Å². The Morgan fingerprint density at radius 2 is 1.85 bits per heavy atom. The molecule has 1 heterocycles. The van der Waals surface area contributed by atoms with Crippen molar-refractivity contribution in [3.8, 4) is 0 Å². The van der Waals surface area contributed by atoms with Crippen LogP contribution in [0.25, 0.3) is 0 Å². The normalized spacial score (nSPS) is 11.6. The van der Waals surface area contributed by atoms with E-state index in [0.717, 1.165) is 16.2 Å². The Balaban J connectivity index is 2.24. The number of hydrogen-bond donors (Lipinski definition) is 1. The van der Waals surface area contributed by atoms with Gasteiger partial charge in [-0.05, 0) is 30.7 Å². The molecule has 1 amide bonds. The lowest BCUT2D eigenvalue weighted by atomic mass is 10.2. The fourth-order valence-electron chi connectivity index (χ4n) is 2.52. The van der Waals surface area contributed by atoms with E-state index in [1.54, 1.807) is 32.0 Å². The third-order valence-corrected chi connectivity index (χ3v) is 6.51. The second kappa shape index (κ2) is 8.69. The number of nitrogens with one attached hydrogen (secondary N) is 1. The van der Waals surface area contributed by atoms with Crippen molar-refractivity contribution in [1.29, 1.82) is 0 Å². The number of benzene rings is 1. The highest BCUT2D eigenvalue weighted by Crippen LogP contribution is 2.20. The van der Waals surface area contributed by atoms with Crippen molar-refractivity contribution in [1.82, 2.24) is 8.87 Å². The van der Waals surface area contributed by atoms with Gasteiger partial charge in [0.2, 0.25) is 15.9 Å². The van der Waals surface area contributed by atoms with Crippen molar-refractivity contribution in [3.63, 3.8) is 0 Å². The summed E-state index contributed by atoms with van der Waals surface area (Å²) in [7, 11) is -3.72. The Morgan fingerprint density at radius 1 is 1.19 bits per heavy atom. The molecule has 0 saturated carbocycles. The Hall–Kier alpha value is -2.16. The van der Waals surface area contributed by atoms with E-state index >= 15 is 0 Å². The number of aromatic nitrogens is 1. The highest BCUT2D eigenvalue weighted by Gasteiger charge is 2.22. The summed E-state index contributed by atoms with van der Waals surface area (Å²) in [4.78, 5) is 24.3. The van der Waals surface area contributed by atoms with Crippen molar-refractivity contribution in [2.45, 2.75) is 32.2 Å². The van der Waals surface area contributed by atoms with Crippen LogP contribution in [0.5, 0.6) is 0 Å². The summed E-state index contributed by atoms with van der Waals surface area (Å²) in [5.41, 5.74) is 0.904. The lowest BCUT2D eigenvalue weighted by Gasteiger charge is -2.19. The summed E-state index contributed by atoms with van der Waals surface area (Å²) in [6.07, 6.45) is 1.19. The van der Waals surface area contributed by atoms with E-state index in [2.05, 4.69) is 5.32 Å². The summed E-state index contributed by atoms with van der Waals surface area (Å²) < 4.78 is 27.6. The molecule has 9 heteroatoms. The maximum Gasteiger partial charge on any atom is 0.251 e. The molecular weight excluding hydrogens is 390 g/mol. The largest absolute Gasteiger partial charge is 0.324 e. The molecule has 146 valence electrons. The summed E-state index contributed by atoms with van der Waals surface area (Å²) in [5.74, 6) is -0.464. The van der Waals surface area contributed by atoms with E-state index in [-0.39, 0.29) is 11.4 Å². The van der Waals surface area contributed by atoms with Crippen LogP contribution in [0, 0.1) is 6.92 Å². The Morgan fingerprint density at radius 3 is 2.44 bits per heavy atom. The molecule has 2 rings (SSSR count). The second-order valence-corrected chi connectivity index (χ2v) is 8.28. The average Bonchev–Trinajstić information content (AvgIpc) is 2.60. The van der Waals surface area contributed by atoms with Crippen LogP contribution in [0.2, 0.25) is 5.02 Å². The van der Waals surface area contributed by atoms with Crippen LogP contribution in [0.4, 0.5) is 5.69 Å². The van der Waals surface area contributed by atoms with E-state index in [9.17, 15) is 18.0 Å². The third-order valence-electron chi connectivity index (χ3n) is 4.07. The fraction of sp³-hybridized carbons (Fsp3) is 0.333. The van der Waals surface area contributed by atoms with E-state index in [1.807, 2.05) is 6.92 Å². The van der Waals surface area contributed by atoms with Gasteiger partial charge in [0.15, 0.2) is 0 Å². The first kappa shape index (κ1) is 21.1. The van der Waals surface area contributed by atoms with Crippen LogP contribution in [0.3, 0.4) is 0 Å². The molecule has 27 heavy (non-hydrogen) atoms. The van der Waals surface area contributed by atoms with Crippen LogP contribution in [-0.2, 0) is 21.4 Å². The summed E-state index contributed by atoms with van der Waals surface area (Å²) in [6.45, 7) is 5.62. The van der Waals surface area contributed by atoms with Gasteiger partial charge in [0.25, 0.3) is 5.56 Å². The Kier molecular flexibility index (Phi) is 6.80. The highest BCUT2D eigenvalue weighted by molar-refractivity contribution is 7.89. The first-order chi connectivity index (χ1) is 12.7. The molecule has 0 unspecified atom stereocenters. The molecule has 1 aromatic heterocycles. The third kappa shape index (κ3) is 4.97. The van der Waals surface area contributed by atoms with Crippen molar-refractivity contribution in [3.05, 3.63) is 57.5 Å². The molecule has 7 nitrogen and oxygen atoms in total. The zero-order chi connectivity index (χ0) is 20.2. The first-order valence-electron chi connectivity index (χ1n) is 8.45. The Labute approximate surface area is 163 Å². The maximum absolute atomic E-state index is 12.6. The highest BCUT2D eigenvalue weighted by atomic mass is 35.5. The van der Waals surface area contributed by atoms with Gasteiger partial charge in [-0.15, -0.1) is 0 Å². The predicted octanol–water partition coefficient (Wildman–Crippen LogP) is 2.48. The molecule has 0 radical (unpaired) electrons. The molecule has 1 N–H and O–H groups in total. The van der Waals surface area contributed by atoms with Gasteiger partial charge in [-0.2, -0.15) is 4.31 Å². The van der Waals surface area contributed by atoms with Gasteiger partial charge in [-0.1, -0.05) is 31.5 Å². The average molecular weight is 412 g/mol. The summed E-state index contributed by atoms with van der Waals surface area (Å²) in [5, 5.41) is 3.16. The smallest absolute Gasteiger partial charge is 0.251 e. The van der Waals surface area contributed by atoms with Crippen molar-refractivity contribution >= 4 is 33.2 Å². The molecule has 0 spiro atoms. The molecule has 0 saturated heterocycles. The molecule has 0 fully saturated rings. The van der Waals surface area contributed by atoms with Gasteiger partial charge in [0.05, 0.1) is 4.90 Å². The van der Waals surface area contributed by atoms with Crippen LogP contribution < -0.4 is 10.9 Å². The Bertz CT molecular complexity index is 998. The summed E-state index contributed by atoms with van der Waals surface area (Å²) in [6, 6.07) is 7.47. The standard InChI is InChI=1S/C18H22ClN3O4S/c1-4-22(5-2)27(25,26)15-8-9-18(24)21(11-15)12-17(23)20-14-7-6-13(3)16(19)10-14/h6-11H,4-5,12H2,1-3H3,(H,20,23). The number of anilines is 1. The fourth-order valence-corrected chi connectivity index (χ4v) is 4.18. The monoisotopic (exact) mass is 411 g/mol. The van der Waals surface area contributed by atoms with Gasteiger partial charge in [-0.3, -0.25) is 9.59 Å². The van der Waals surface area contributed by atoms with Gasteiger partial charge < -0.3 is 9.88 Å². The number of amides is 1. The molecular formula is C18H22ClN3O4S. The number of aryl methyl sites for hydroxylation is 1. The number of carbonyl (C=O) groups excluding carboxylic acids is 1. The van der Waals surface area contributed by atoms with Gasteiger partial charge in [0, 0.05) is 36.1 Å². The number of sulfonamides is 1. The van der Waals surface area contributed by atoms with Crippen molar-refractivity contribution < 1.29 is 13.2 Å². The summed E-state index contributed by atoms with van der Waals surface area (Å²) >= 11 is 6.03. The minimum absolute atomic E-state index is 0.0306. The van der Waals surface area contributed by atoms with Gasteiger partial charge in [0.1, 0.15) is 6.54 Å². The topological polar surface area (TPSA) is 88.5 Å². The van der Waals surface area contributed by atoms with E-state index in [4.69, 9.17) is 11.6 Å². The molecule has 0 bridgehead atoms. The molecule has 1 aromatic carbocycles. The van der Waals surface area contributed by atoms with Crippen LogP contribution in [0.1, 0.15) is 19.4 Å². The zero-order valence-electron chi connectivity index (χ0n) is 15.4. The molecule has 0 aliphatic carbocycles. The van der Waals surface area contributed by atoms with Crippen molar-refractivity contribution in [2.24, 2.45) is 0 Å². The van der Waals surface area contributed by atoms with Crippen molar-refractivity contribution in [2.75, 3.05) is 18.4 Å². The van der Waals surface area contributed by atoms with E-state index in [1.165, 1.54) is 16.6 Å². The zero-order valence-corrected chi connectivity index (χ0v) is 17.0. The number of hydrogen-bond acceptors (Lipinski definition) is 4. The van der Waals surface area contributed by atoms with Crippen LogP contribution >= 0.6 is 11.6 Å². The number of nitrogens with zero attached hydrogens (tertiary/aromatic N) is 2. The minimum Gasteiger partial charge on any atom is -0.324 e. The number of pyridine rings is 1. The SMILES string of the molecule is CCN(CC)S(=O)(=O)c1ccc(=O)n(CC(=O)Nc2ccc(C)c(Cl)c2)c1.